The third-order valence-corrected chi connectivity index (χ3v) is 5.05. The van der Waals surface area contributed by atoms with E-state index in [1.807, 2.05) is 85.8 Å². The summed E-state index contributed by atoms with van der Waals surface area (Å²) in [5, 5.41) is 4.85. The Morgan fingerprint density at radius 1 is 0.875 bits per heavy atom. The molecule has 4 aromatic rings. The van der Waals surface area contributed by atoms with E-state index in [0.717, 1.165) is 33.7 Å². The van der Waals surface area contributed by atoms with Gasteiger partial charge in [0.15, 0.2) is 0 Å². The van der Waals surface area contributed by atoms with Gasteiger partial charge >= 0.3 is 11.7 Å². The third kappa shape index (κ3) is 4.62. The molecule has 0 aliphatic carbocycles. The Hall–Kier alpha value is -4.12. The molecule has 0 saturated heterocycles. The van der Waals surface area contributed by atoms with Crippen LogP contribution in [-0.2, 0) is 4.74 Å². The zero-order valence-corrected chi connectivity index (χ0v) is 18.1. The molecule has 0 bridgehead atoms. The van der Waals surface area contributed by atoms with Crippen molar-refractivity contribution in [2.75, 3.05) is 6.61 Å². The Labute approximate surface area is 187 Å². The molecule has 32 heavy (non-hydrogen) atoms. The maximum Gasteiger partial charge on any atom is 0.406 e. The molecule has 0 fully saturated rings. The number of esters is 1. The molecular weight excluding hydrogens is 398 g/mol. The lowest BCUT2D eigenvalue weighted by molar-refractivity contribution is -0.670. The minimum Gasteiger partial charge on any atom is -0.458 e. The van der Waals surface area contributed by atoms with Crippen molar-refractivity contribution in [2.45, 2.75) is 13.8 Å². The molecule has 2 heterocycles. The zero-order valence-electron chi connectivity index (χ0n) is 18.1. The van der Waals surface area contributed by atoms with E-state index in [1.165, 1.54) is 0 Å². The maximum absolute atomic E-state index is 13.0. The summed E-state index contributed by atoms with van der Waals surface area (Å²) in [6.07, 6.45) is 3.45. The fourth-order valence-electron chi connectivity index (χ4n) is 3.46. The Morgan fingerprint density at radius 2 is 1.50 bits per heavy atom. The van der Waals surface area contributed by atoms with Crippen LogP contribution in [0, 0.1) is 0 Å². The molecule has 2 aromatic heterocycles. The number of aromatic nitrogens is 2. The molecule has 158 valence electrons. The maximum atomic E-state index is 13.0. The number of ether oxygens (including phenoxy) is 1. The fraction of sp³-hybridized carbons (Fsp3) is 0.111. The number of hydrogen-bond donors (Lipinski definition) is 0. The monoisotopic (exact) mass is 422 g/mol. The number of benzene rings is 2. The van der Waals surface area contributed by atoms with Crippen LogP contribution in [0.15, 0.2) is 102 Å². The number of nitrogens with zero attached hydrogens (tertiary/aromatic N) is 3. The topological polar surface area (TPSA) is 55.4 Å². The summed E-state index contributed by atoms with van der Waals surface area (Å²) in [7, 11) is 0. The first-order chi connectivity index (χ1) is 15.7. The molecule has 5 heteroatoms. The van der Waals surface area contributed by atoms with Crippen LogP contribution in [0.1, 0.15) is 29.9 Å². The van der Waals surface area contributed by atoms with Gasteiger partial charge in [-0.25, -0.2) is 4.79 Å². The van der Waals surface area contributed by atoms with Crippen molar-refractivity contribution in [2.24, 2.45) is 5.10 Å². The van der Waals surface area contributed by atoms with Crippen LogP contribution >= 0.6 is 0 Å². The molecule has 2 aromatic carbocycles. The average Bonchev–Trinajstić information content (AvgIpc) is 2.85. The van der Waals surface area contributed by atoms with Crippen LogP contribution in [0.5, 0.6) is 0 Å². The Morgan fingerprint density at radius 3 is 2.12 bits per heavy atom. The SMILES string of the molecule is CCOC(=O)c1cc(-c2ccccc2)cc(-c2ccccc2)[n+]1/N=C(\C)c1ccncc1. The normalized spacial score (nSPS) is 11.2. The van der Waals surface area contributed by atoms with Gasteiger partial charge in [0.2, 0.25) is 5.69 Å². The van der Waals surface area contributed by atoms with Crippen LogP contribution in [-0.4, -0.2) is 23.3 Å². The number of carbonyl (C=O) groups is 1. The van der Waals surface area contributed by atoms with Crippen molar-refractivity contribution in [1.29, 1.82) is 0 Å². The summed E-state index contributed by atoms with van der Waals surface area (Å²) < 4.78 is 7.07. The molecule has 0 aliphatic rings. The number of carbonyl (C=O) groups excluding carboxylic acids is 1. The molecule has 4 rings (SSSR count). The van der Waals surface area contributed by atoms with Gasteiger partial charge in [-0.05, 0) is 53.9 Å². The summed E-state index contributed by atoms with van der Waals surface area (Å²) in [4.78, 5) is 17.1. The highest BCUT2D eigenvalue weighted by atomic mass is 16.5. The van der Waals surface area contributed by atoms with Crippen LogP contribution in [0.4, 0.5) is 0 Å². The molecule has 0 radical (unpaired) electrons. The van der Waals surface area contributed by atoms with E-state index in [9.17, 15) is 4.79 Å². The van der Waals surface area contributed by atoms with Crippen LogP contribution < -0.4 is 4.68 Å². The number of pyridine rings is 2. The average molecular weight is 423 g/mol. The quantitative estimate of drug-likeness (QED) is 0.245. The summed E-state index contributed by atoms with van der Waals surface area (Å²) in [5.74, 6) is -0.422. The molecule has 0 spiro atoms. The lowest BCUT2D eigenvalue weighted by Crippen LogP contribution is -2.40. The van der Waals surface area contributed by atoms with Gasteiger partial charge in [0.05, 0.1) is 6.61 Å². The summed E-state index contributed by atoms with van der Waals surface area (Å²) >= 11 is 0. The van der Waals surface area contributed by atoms with Crippen LogP contribution in [0.3, 0.4) is 0 Å². The Balaban J connectivity index is 2.00. The zero-order chi connectivity index (χ0) is 22.3. The second kappa shape index (κ2) is 9.79. The molecular formula is C27H24N3O2+. The van der Waals surface area contributed by atoms with Gasteiger partial charge in [0, 0.05) is 40.8 Å². The van der Waals surface area contributed by atoms with Crippen molar-refractivity contribution in [3.05, 3.63) is 109 Å². The highest BCUT2D eigenvalue weighted by Gasteiger charge is 2.28. The standard InChI is InChI=1S/C27H24N3O2/c1-3-32-27(31)26-19-24(22-10-6-4-7-11-22)18-25(23-12-8-5-9-13-23)30(26)29-20(2)21-14-16-28-17-15-21/h4-19H,3H2,1-2H3/q+1/b29-20+. The fourth-order valence-corrected chi connectivity index (χ4v) is 3.46. The molecule has 0 aliphatic heterocycles. The predicted octanol–water partition coefficient (Wildman–Crippen LogP) is 5.15. The van der Waals surface area contributed by atoms with E-state index in [2.05, 4.69) is 11.1 Å². The Kier molecular flexibility index (Phi) is 6.46. The van der Waals surface area contributed by atoms with Gasteiger partial charge in [-0.15, -0.1) is 0 Å². The summed E-state index contributed by atoms with van der Waals surface area (Å²) in [5.41, 5.74) is 5.71. The summed E-state index contributed by atoms with van der Waals surface area (Å²) in [6.45, 7) is 3.99. The largest absolute Gasteiger partial charge is 0.458 e. The van der Waals surface area contributed by atoms with Gasteiger partial charge in [0.1, 0.15) is 5.71 Å². The molecule has 0 N–H and O–H groups in total. The van der Waals surface area contributed by atoms with E-state index in [-0.39, 0.29) is 6.61 Å². The molecule has 0 saturated carbocycles. The third-order valence-electron chi connectivity index (χ3n) is 5.05. The Bertz CT molecular complexity index is 1240. The van der Waals surface area contributed by atoms with Crippen molar-refractivity contribution < 1.29 is 14.2 Å². The summed E-state index contributed by atoms with van der Waals surface area (Å²) in [6, 6.07) is 27.6. The van der Waals surface area contributed by atoms with Gasteiger partial charge in [-0.3, -0.25) is 4.98 Å². The van der Waals surface area contributed by atoms with E-state index in [4.69, 9.17) is 9.84 Å². The first kappa shape index (κ1) is 21.1. The van der Waals surface area contributed by atoms with E-state index < -0.39 is 5.97 Å². The van der Waals surface area contributed by atoms with E-state index in [1.54, 1.807) is 24.0 Å². The van der Waals surface area contributed by atoms with Crippen molar-refractivity contribution in [3.63, 3.8) is 0 Å². The number of hydrogen-bond acceptors (Lipinski definition) is 4. The molecule has 5 nitrogen and oxygen atoms in total. The smallest absolute Gasteiger partial charge is 0.406 e. The van der Waals surface area contributed by atoms with Gasteiger partial charge in [-0.2, -0.15) is 0 Å². The minimum atomic E-state index is -0.422. The highest BCUT2D eigenvalue weighted by Crippen LogP contribution is 2.25. The van der Waals surface area contributed by atoms with Crippen molar-refractivity contribution >= 4 is 11.7 Å². The predicted molar refractivity (Wildman–Crippen MR) is 125 cm³/mol. The van der Waals surface area contributed by atoms with Gasteiger partial charge in [0.25, 0.3) is 0 Å². The van der Waals surface area contributed by atoms with Gasteiger partial charge < -0.3 is 4.74 Å². The second-order valence-electron chi connectivity index (χ2n) is 7.20. The second-order valence-corrected chi connectivity index (χ2v) is 7.20. The minimum absolute atomic E-state index is 0.280. The number of rotatable bonds is 6. The lowest BCUT2D eigenvalue weighted by Gasteiger charge is -2.09. The first-order valence-electron chi connectivity index (χ1n) is 10.5. The molecule has 0 unspecified atom stereocenters. The van der Waals surface area contributed by atoms with E-state index in [0.29, 0.717) is 5.69 Å². The molecule has 0 amide bonds. The van der Waals surface area contributed by atoms with Crippen molar-refractivity contribution in [3.8, 4) is 22.4 Å². The molecule has 0 atom stereocenters. The highest BCUT2D eigenvalue weighted by molar-refractivity contribution is 5.98. The van der Waals surface area contributed by atoms with Crippen molar-refractivity contribution in [1.82, 2.24) is 4.98 Å². The van der Waals surface area contributed by atoms with Crippen LogP contribution in [0.25, 0.3) is 22.4 Å². The van der Waals surface area contributed by atoms with Gasteiger partial charge in [-0.1, -0.05) is 48.5 Å². The first-order valence-corrected chi connectivity index (χ1v) is 10.5. The van der Waals surface area contributed by atoms with Crippen LogP contribution in [0.2, 0.25) is 0 Å². The lowest BCUT2D eigenvalue weighted by atomic mass is 10.0. The van der Waals surface area contributed by atoms with E-state index >= 15 is 0 Å².